The van der Waals surface area contributed by atoms with E-state index in [2.05, 4.69) is 5.32 Å². The molecule has 2 rings (SSSR count). The van der Waals surface area contributed by atoms with Crippen LogP contribution in [0.4, 0.5) is 8.78 Å². The lowest BCUT2D eigenvalue weighted by Gasteiger charge is -2.21. The van der Waals surface area contributed by atoms with Crippen LogP contribution in [0.15, 0.2) is 42.5 Å². The summed E-state index contributed by atoms with van der Waals surface area (Å²) < 4.78 is 27.0. The van der Waals surface area contributed by atoms with Crippen LogP contribution in [-0.2, 0) is 6.42 Å². The maximum atomic E-state index is 13.8. The van der Waals surface area contributed by atoms with Gasteiger partial charge in [-0.25, -0.2) is 8.78 Å². The normalized spacial score (nSPS) is 14.0. The Morgan fingerprint density at radius 1 is 1.05 bits per heavy atom. The molecule has 0 bridgehead atoms. The first kappa shape index (κ1) is 15.9. The van der Waals surface area contributed by atoms with Crippen molar-refractivity contribution in [1.29, 1.82) is 0 Å². The van der Waals surface area contributed by atoms with E-state index in [1.807, 2.05) is 38.1 Å². The summed E-state index contributed by atoms with van der Waals surface area (Å²) in [4.78, 5) is 0. The first-order chi connectivity index (χ1) is 9.99. The van der Waals surface area contributed by atoms with E-state index in [1.165, 1.54) is 6.07 Å². The zero-order chi connectivity index (χ0) is 15.4. The Kier molecular flexibility index (Phi) is 5.32. The van der Waals surface area contributed by atoms with Gasteiger partial charge in [0.2, 0.25) is 0 Å². The molecule has 2 aromatic rings. The number of halogens is 3. The predicted molar refractivity (Wildman–Crippen MR) is 82.5 cm³/mol. The molecule has 0 heterocycles. The molecule has 0 radical (unpaired) electrons. The molecule has 0 saturated heterocycles. The highest BCUT2D eigenvalue weighted by molar-refractivity contribution is 6.31. The van der Waals surface area contributed by atoms with Crippen LogP contribution in [0.25, 0.3) is 0 Å². The molecule has 4 heteroatoms. The van der Waals surface area contributed by atoms with Crippen molar-refractivity contribution in [2.75, 3.05) is 0 Å². The molecule has 112 valence electrons. The Bertz CT molecular complexity index is 615. The van der Waals surface area contributed by atoms with Gasteiger partial charge in [0.15, 0.2) is 11.6 Å². The Morgan fingerprint density at radius 2 is 1.76 bits per heavy atom. The van der Waals surface area contributed by atoms with E-state index < -0.39 is 11.6 Å². The molecule has 0 aliphatic rings. The van der Waals surface area contributed by atoms with Gasteiger partial charge in [-0.3, -0.25) is 0 Å². The second kappa shape index (κ2) is 7.01. The smallest absolute Gasteiger partial charge is 0.163 e. The molecule has 0 spiro atoms. The molecule has 21 heavy (non-hydrogen) atoms. The van der Waals surface area contributed by atoms with Crippen molar-refractivity contribution in [1.82, 2.24) is 5.32 Å². The summed E-state index contributed by atoms with van der Waals surface area (Å²) in [6, 6.07) is 11.7. The fourth-order valence-corrected chi connectivity index (χ4v) is 2.64. The van der Waals surface area contributed by atoms with Gasteiger partial charge in [0.05, 0.1) is 0 Å². The molecule has 1 N–H and O–H groups in total. The van der Waals surface area contributed by atoms with Crippen LogP contribution in [0.1, 0.15) is 31.0 Å². The molecule has 0 aliphatic carbocycles. The molecule has 0 aliphatic heterocycles. The zero-order valence-electron chi connectivity index (χ0n) is 12.0. The highest BCUT2D eigenvalue weighted by atomic mass is 35.5. The van der Waals surface area contributed by atoms with Crippen molar-refractivity contribution in [2.24, 2.45) is 0 Å². The summed E-state index contributed by atoms with van der Waals surface area (Å²) in [6.07, 6.45) is 0.723. The number of hydrogen-bond acceptors (Lipinski definition) is 1. The summed E-state index contributed by atoms with van der Waals surface area (Å²) in [5.74, 6) is -1.61. The van der Waals surface area contributed by atoms with Gasteiger partial charge >= 0.3 is 0 Å². The first-order valence-electron chi connectivity index (χ1n) is 6.92. The van der Waals surface area contributed by atoms with E-state index in [0.29, 0.717) is 5.56 Å². The minimum Gasteiger partial charge on any atom is -0.307 e. The minimum absolute atomic E-state index is 0.0857. The monoisotopic (exact) mass is 309 g/mol. The van der Waals surface area contributed by atoms with Crippen LogP contribution < -0.4 is 5.32 Å². The van der Waals surface area contributed by atoms with Crippen molar-refractivity contribution in [2.45, 2.75) is 32.4 Å². The molecule has 2 atom stereocenters. The average molecular weight is 310 g/mol. The fraction of sp³-hybridized carbons (Fsp3) is 0.294. The highest BCUT2D eigenvalue weighted by Gasteiger charge is 2.16. The molecule has 0 amide bonds. The van der Waals surface area contributed by atoms with Gasteiger partial charge in [-0.05, 0) is 38.0 Å². The lowest BCUT2D eigenvalue weighted by Crippen LogP contribution is -2.31. The van der Waals surface area contributed by atoms with Crippen LogP contribution >= 0.6 is 11.6 Å². The van der Waals surface area contributed by atoms with Crippen LogP contribution in [0, 0.1) is 11.6 Å². The van der Waals surface area contributed by atoms with Crippen molar-refractivity contribution in [3.63, 3.8) is 0 Å². The Labute approximate surface area is 128 Å². The van der Waals surface area contributed by atoms with E-state index in [-0.39, 0.29) is 12.1 Å². The second-order valence-electron chi connectivity index (χ2n) is 5.23. The minimum atomic E-state index is -0.820. The zero-order valence-corrected chi connectivity index (χ0v) is 12.8. The molecule has 0 saturated carbocycles. The van der Waals surface area contributed by atoms with Gasteiger partial charge in [0.1, 0.15) is 0 Å². The van der Waals surface area contributed by atoms with Crippen molar-refractivity contribution in [3.05, 3.63) is 70.2 Å². The molecular weight excluding hydrogens is 292 g/mol. The first-order valence-corrected chi connectivity index (χ1v) is 7.30. The van der Waals surface area contributed by atoms with E-state index >= 15 is 0 Å². The average Bonchev–Trinajstić information content (AvgIpc) is 2.44. The van der Waals surface area contributed by atoms with Gasteiger partial charge in [-0.1, -0.05) is 41.9 Å². The Morgan fingerprint density at radius 3 is 2.48 bits per heavy atom. The largest absolute Gasteiger partial charge is 0.307 e. The molecule has 2 unspecified atom stereocenters. The topological polar surface area (TPSA) is 12.0 Å². The summed E-state index contributed by atoms with van der Waals surface area (Å²) in [7, 11) is 0. The summed E-state index contributed by atoms with van der Waals surface area (Å²) >= 11 is 6.13. The highest BCUT2D eigenvalue weighted by Crippen LogP contribution is 2.21. The van der Waals surface area contributed by atoms with E-state index in [0.717, 1.165) is 23.1 Å². The quantitative estimate of drug-likeness (QED) is 0.828. The van der Waals surface area contributed by atoms with Crippen LogP contribution in [0.5, 0.6) is 0 Å². The molecule has 2 aromatic carbocycles. The van der Waals surface area contributed by atoms with Crippen LogP contribution in [0.2, 0.25) is 5.02 Å². The standard InChI is InChI=1S/C17H18ClF2N/c1-11(10-13-6-3-4-8-15(13)18)21-12(2)14-7-5-9-16(19)17(14)20/h3-9,11-12,21H,10H2,1-2H3. The maximum absolute atomic E-state index is 13.8. The van der Waals surface area contributed by atoms with Crippen molar-refractivity contribution < 1.29 is 8.78 Å². The van der Waals surface area contributed by atoms with Gasteiger partial charge in [0.25, 0.3) is 0 Å². The lowest BCUT2D eigenvalue weighted by molar-refractivity contribution is 0.441. The van der Waals surface area contributed by atoms with E-state index in [9.17, 15) is 8.78 Å². The number of hydrogen-bond donors (Lipinski definition) is 1. The number of rotatable bonds is 5. The summed E-state index contributed by atoms with van der Waals surface area (Å²) in [5.41, 5.74) is 1.37. The second-order valence-corrected chi connectivity index (χ2v) is 5.64. The Balaban J connectivity index is 2.04. The molecular formula is C17H18ClF2N. The SMILES string of the molecule is CC(Cc1ccccc1Cl)NC(C)c1cccc(F)c1F. The number of nitrogens with one attached hydrogen (secondary N) is 1. The van der Waals surface area contributed by atoms with Gasteiger partial charge < -0.3 is 5.32 Å². The van der Waals surface area contributed by atoms with Gasteiger partial charge in [0, 0.05) is 22.7 Å². The third-order valence-electron chi connectivity index (χ3n) is 3.47. The van der Waals surface area contributed by atoms with Gasteiger partial charge in [-0.15, -0.1) is 0 Å². The molecule has 0 fully saturated rings. The van der Waals surface area contributed by atoms with Crippen molar-refractivity contribution in [3.8, 4) is 0 Å². The van der Waals surface area contributed by atoms with Gasteiger partial charge in [-0.2, -0.15) is 0 Å². The predicted octanol–water partition coefficient (Wildman–Crippen LogP) is 4.90. The van der Waals surface area contributed by atoms with E-state index in [1.54, 1.807) is 6.07 Å². The lowest BCUT2D eigenvalue weighted by atomic mass is 10.0. The summed E-state index contributed by atoms with van der Waals surface area (Å²) in [5, 5.41) is 3.99. The molecule has 0 aromatic heterocycles. The fourth-order valence-electron chi connectivity index (χ4n) is 2.42. The van der Waals surface area contributed by atoms with Crippen LogP contribution in [0.3, 0.4) is 0 Å². The Hall–Kier alpha value is -1.45. The van der Waals surface area contributed by atoms with Crippen molar-refractivity contribution >= 4 is 11.6 Å². The third kappa shape index (κ3) is 4.02. The van der Waals surface area contributed by atoms with Crippen LogP contribution in [-0.4, -0.2) is 6.04 Å². The summed E-state index contributed by atoms with van der Waals surface area (Å²) in [6.45, 7) is 3.82. The molecule has 1 nitrogen and oxygen atoms in total. The van der Waals surface area contributed by atoms with E-state index in [4.69, 9.17) is 11.6 Å². The maximum Gasteiger partial charge on any atom is 0.163 e. The number of benzene rings is 2. The third-order valence-corrected chi connectivity index (χ3v) is 3.84.